The summed E-state index contributed by atoms with van der Waals surface area (Å²) in [5.74, 6) is -5.52. The maximum absolute atomic E-state index is 13.2. The number of ketones is 1. The molecule has 0 bridgehead atoms. The van der Waals surface area contributed by atoms with Gasteiger partial charge in [0.15, 0.2) is 34.5 Å². The Labute approximate surface area is 185 Å². The molecule has 2 aromatic carbocycles. The number of rotatable bonds is 3. The molecule has 0 radical (unpaired) electrons. The van der Waals surface area contributed by atoms with Crippen LogP contribution in [0.3, 0.4) is 0 Å². The number of nitrogens with zero attached hydrogens (tertiary/aromatic N) is 2. The Morgan fingerprint density at radius 1 is 0.909 bits per heavy atom. The molecule has 1 N–H and O–H groups in total. The minimum Gasteiger partial charge on any atom is -0.477 e. The second-order valence-corrected chi connectivity index (χ2v) is 7.26. The van der Waals surface area contributed by atoms with Gasteiger partial charge in [0.2, 0.25) is 0 Å². The first kappa shape index (κ1) is 24.0. The number of pyridine rings is 1. The van der Waals surface area contributed by atoms with Crippen molar-refractivity contribution in [1.82, 2.24) is 4.57 Å². The quantitative estimate of drug-likeness (QED) is 0.583. The minimum absolute atomic E-state index is 0.0410. The van der Waals surface area contributed by atoms with Gasteiger partial charge in [-0.1, -0.05) is 0 Å². The first-order valence-corrected chi connectivity index (χ1v) is 10.1. The van der Waals surface area contributed by atoms with Crippen LogP contribution < -0.4 is 10.3 Å². The zero-order valence-corrected chi connectivity index (χ0v) is 17.8. The van der Waals surface area contributed by atoms with Crippen LogP contribution >= 0.6 is 0 Å². The van der Waals surface area contributed by atoms with Gasteiger partial charge in [-0.15, -0.1) is 0 Å². The van der Waals surface area contributed by atoms with Crippen molar-refractivity contribution in [2.75, 3.05) is 18.0 Å². The van der Waals surface area contributed by atoms with Crippen LogP contribution in [0.4, 0.5) is 23.2 Å². The molecule has 33 heavy (non-hydrogen) atoms. The molecule has 0 aliphatic carbocycles. The Kier molecular flexibility index (Phi) is 6.85. The Balaban J connectivity index is 0.000000189. The molecule has 0 spiro atoms. The van der Waals surface area contributed by atoms with Crippen molar-refractivity contribution in [1.29, 1.82) is 0 Å². The molecule has 174 valence electrons. The Hall–Kier alpha value is -3.69. The Morgan fingerprint density at radius 3 is 2.12 bits per heavy atom. The fourth-order valence-electron chi connectivity index (χ4n) is 3.73. The third-order valence-corrected chi connectivity index (χ3v) is 5.36. The zero-order valence-electron chi connectivity index (χ0n) is 17.8. The molecule has 0 saturated heterocycles. The van der Waals surface area contributed by atoms with Gasteiger partial charge in [0.25, 0.3) is 0 Å². The van der Waals surface area contributed by atoms with Crippen molar-refractivity contribution in [3.63, 3.8) is 0 Å². The van der Waals surface area contributed by atoms with E-state index in [0.717, 1.165) is 30.3 Å². The lowest BCUT2D eigenvalue weighted by atomic mass is 10.00. The van der Waals surface area contributed by atoms with E-state index in [-0.39, 0.29) is 28.9 Å². The van der Waals surface area contributed by atoms with Crippen LogP contribution in [0.15, 0.2) is 35.1 Å². The van der Waals surface area contributed by atoms with E-state index in [2.05, 4.69) is 0 Å². The van der Waals surface area contributed by atoms with E-state index in [1.807, 2.05) is 11.8 Å². The van der Waals surface area contributed by atoms with Gasteiger partial charge < -0.3 is 14.6 Å². The standard InChI is InChI=1S/C12H9F2NO3.C11H11F2NO/c1-2-15-9-4-8(14)7(13)3-6(9)11(16)5-10(15)12(17)18;1-2-14-4-3-11(15)7-5-8(12)9(13)6-10(7)14/h3-5H,2H2,1H3,(H,17,18);5-6H,2-4H2,1H3. The average molecular weight is 464 g/mol. The molecule has 4 rings (SSSR count). The molecule has 10 heteroatoms. The van der Waals surface area contributed by atoms with Gasteiger partial charge >= 0.3 is 5.97 Å². The number of Topliss-reactive ketones (excluding diaryl/α,β-unsaturated/α-hetero) is 1. The van der Waals surface area contributed by atoms with Crippen molar-refractivity contribution in [3.05, 3.63) is 75.1 Å². The molecule has 6 nitrogen and oxygen atoms in total. The third-order valence-electron chi connectivity index (χ3n) is 5.36. The maximum atomic E-state index is 13.2. The van der Waals surface area contributed by atoms with Gasteiger partial charge in [-0.05, 0) is 26.0 Å². The van der Waals surface area contributed by atoms with E-state index in [4.69, 9.17) is 5.11 Å². The molecule has 3 aromatic rings. The summed E-state index contributed by atoms with van der Waals surface area (Å²) in [5, 5.41) is 8.94. The number of hydrogen-bond donors (Lipinski definition) is 1. The van der Waals surface area contributed by atoms with Crippen LogP contribution in [0.1, 0.15) is 41.1 Å². The largest absolute Gasteiger partial charge is 0.477 e. The van der Waals surface area contributed by atoms with Gasteiger partial charge in [0.1, 0.15) is 5.69 Å². The van der Waals surface area contributed by atoms with Crippen molar-refractivity contribution < 1.29 is 32.3 Å². The number of fused-ring (bicyclic) bond motifs is 2. The first-order chi connectivity index (χ1) is 15.6. The number of benzene rings is 2. The number of hydrogen-bond acceptors (Lipinski definition) is 4. The molecule has 2 heterocycles. The fraction of sp³-hybridized carbons (Fsp3) is 0.261. The number of carbonyl (C=O) groups excluding carboxylic acids is 1. The predicted octanol–water partition coefficient (Wildman–Crippen LogP) is 4.38. The van der Waals surface area contributed by atoms with Crippen LogP contribution in [0.25, 0.3) is 10.9 Å². The molecule has 0 amide bonds. The van der Waals surface area contributed by atoms with Gasteiger partial charge in [0, 0.05) is 55.2 Å². The summed E-state index contributed by atoms with van der Waals surface area (Å²) in [4.78, 5) is 36.0. The van der Waals surface area contributed by atoms with E-state index in [1.54, 1.807) is 6.92 Å². The van der Waals surface area contributed by atoms with Crippen molar-refractivity contribution in [3.8, 4) is 0 Å². The molecule has 0 saturated carbocycles. The lowest BCUT2D eigenvalue weighted by Gasteiger charge is -2.29. The van der Waals surface area contributed by atoms with Crippen molar-refractivity contribution in [2.45, 2.75) is 26.8 Å². The average Bonchev–Trinajstić information content (AvgIpc) is 2.77. The smallest absolute Gasteiger partial charge is 0.352 e. The van der Waals surface area contributed by atoms with Crippen LogP contribution in [-0.4, -0.2) is 34.5 Å². The highest BCUT2D eigenvalue weighted by Crippen LogP contribution is 2.29. The van der Waals surface area contributed by atoms with Gasteiger partial charge in [-0.25, -0.2) is 22.4 Å². The second kappa shape index (κ2) is 9.43. The van der Waals surface area contributed by atoms with Gasteiger partial charge in [-0.3, -0.25) is 9.59 Å². The highest BCUT2D eigenvalue weighted by atomic mass is 19.2. The summed E-state index contributed by atoms with van der Waals surface area (Å²) >= 11 is 0. The predicted molar refractivity (Wildman–Crippen MR) is 114 cm³/mol. The molecule has 0 fully saturated rings. The van der Waals surface area contributed by atoms with Crippen molar-refractivity contribution >= 4 is 28.3 Å². The number of halogens is 4. The minimum atomic E-state index is -1.29. The highest BCUT2D eigenvalue weighted by molar-refractivity contribution is 6.03. The Morgan fingerprint density at radius 2 is 1.52 bits per heavy atom. The van der Waals surface area contributed by atoms with E-state index >= 15 is 0 Å². The Bertz CT molecular complexity index is 1320. The summed E-state index contributed by atoms with van der Waals surface area (Å²) in [6.45, 7) is 5.06. The topological polar surface area (TPSA) is 79.6 Å². The molecular weight excluding hydrogens is 444 g/mol. The molecule has 0 unspecified atom stereocenters. The number of aromatic nitrogens is 1. The molecule has 1 aliphatic rings. The zero-order chi connectivity index (χ0) is 24.4. The summed E-state index contributed by atoms with van der Waals surface area (Å²) < 4.78 is 53.5. The molecule has 1 aromatic heterocycles. The first-order valence-electron chi connectivity index (χ1n) is 10.1. The van der Waals surface area contributed by atoms with E-state index < -0.39 is 34.7 Å². The maximum Gasteiger partial charge on any atom is 0.352 e. The van der Waals surface area contributed by atoms with E-state index in [1.165, 1.54) is 4.57 Å². The lowest BCUT2D eigenvalue weighted by Crippen LogP contribution is -2.32. The van der Waals surface area contributed by atoms with Gasteiger partial charge in [-0.2, -0.15) is 0 Å². The number of aryl methyl sites for hydroxylation is 1. The van der Waals surface area contributed by atoms with Gasteiger partial charge in [0.05, 0.1) is 11.2 Å². The molecule has 1 aliphatic heterocycles. The number of aromatic carboxylic acids is 1. The van der Waals surface area contributed by atoms with E-state index in [9.17, 15) is 31.9 Å². The second-order valence-electron chi connectivity index (χ2n) is 7.26. The summed E-state index contributed by atoms with van der Waals surface area (Å²) in [6.07, 6.45) is 0.367. The molecular formula is C23H20F4N2O4. The van der Waals surface area contributed by atoms with Crippen LogP contribution in [0, 0.1) is 23.3 Å². The highest BCUT2D eigenvalue weighted by Gasteiger charge is 2.24. The number of carboxylic acid groups (broad SMARTS) is 1. The SMILES string of the molecule is CCN1CCC(=O)c2cc(F)c(F)cc21.CCn1c(C(=O)O)cc(=O)c2cc(F)c(F)cc21. The number of carboxylic acids is 1. The van der Waals surface area contributed by atoms with Crippen LogP contribution in [0.2, 0.25) is 0 Å². The number of carbonyl (C=O) groups is 2. The summed E-state index contributed by atoms with van der Waals surface area (Å²) in [7, 11) is 0. The lowest BCUT2D eigenvalue weighted by molar-refractivity contribution is 0.0684. The van der Waals surface area contributed by atoms with Crippen LogP contribution in [0.5, 0.6) is 0 Å². The third kappa shape index (κ3) is 4.59. The summed E-state index contributed by atoms with van der Waals surface area (Å²) in [6, 6.07) is 4.62. The molecule has 0 atom stereocenters. The van der Waals surface area contributed by atoms with Crippen LogP contribution in [-0.2, 0) is 6.54 Å². The summed E-state index contributed by atoms with van der Waals surface area (Å²) in [5.41, 5.74) is -0.0250. The normalized spacial score (nSPS) is 12.9. The van der Waals surface area contributed by atoms with E-state index in [0.29, 0.717) is 30.8 Å². The monoisotopic (exact) mass is 464 g/mol. The number of anilines is 1. The fourth-order valence-corrected chi connectivity index (χ4v) is 3.73. The van der Waals surface area contributed by atoms with Crippen molar-refractivity contribution in [2.24, 2.45) is 0 Å².